The van der Waals surface area contributed by atoms with Crippen LogP contribution in [0, 0.1) is 6.92 Å². The van der Waals surface area contributed by atoms with Gasteiger partial charge in [-0.3, -0.25) is 9.59 Å². The van der Waals surface area contributed by atoms with E-state index in [1.807, 2.05) is 32.9 Å². The summed E-state index contributed by atoms with van der Waals surface area (Å²) in [5.74, 6) is 0.656. The lowest BCUT2D eigenvalue weighted by Gasteiger charge is -2.24. The third-order valence-corrected chi connectivity index (χ3v) is 3.94. The third-order valence-electron chi connectivity index (χ3n) is 3.09. The molecule has 0 unspecified atom stereocenters. The van der Waals surface area contributed by atoms with Gasteiger partial charge in [0.05, 0.1) is 7.11 Å². The lowest BCUT2D eigenvalue weighted by Crippen LogP contribution is -2.41. The molecule has 2 aromatic heterocycles. The van der Waals surface area contributed by atoms with Gasteiger partial charge in [0.25, 0.3) is 5.91 Å². The minimum atomic E-state index is -0.459. The molecule has 0 saturated heterocycles. The van der Waals surface area contributed by atoms with Crippen molar-refractivity contribution >= 4 is 23.2 Å². The van der Waals surface area contributed by atoms with Gasteiger partial charge in [-0.1, -0.05) is 0 Å². The van der Waals surface area contributed by atoms with Crippen molar-refractivity contribution in [2.45, 2.75) is 26.8 Å². The van der Waals surface area contributed by atoms with Crippen molar-refractivity contribution in [3.63, 3.8) is 0 Å². The molecule has 2 rings (SSSR count). The van der Waals surface area contributed by atoms with E-state index in [0.29, 0.717) is 16.5 Å². The number of furan rings is 1. The molecule has 0 atom stereocenters. The first-order chi connectivity index (χ1) is 10.4. The fraction of sp³-hybridized carbons (Fsp3) is 0.400. The van der Waals surface area contributed by atoms with Crippen molar-refractivity contribution in [3.8, 4) is 10.8 Å². The van der Waals surface area contributed by atoms with Crippen molar-refractivity contribution in [1.29, 1.82) is 0 Å². The number of esters is 1. The predicted octanol–water partition coefficient (Wildman–Crippen LogP) is 2.74. The van der Waals surface area contributed by atoms with Crippen molar-refractivity contribution in [2.24, 2.45) is 0 Å². The van der Waals surface area contributed by atoms with Gasteiger partial charge in [0, 0.05) is 11.4 Å². The molecule has 0 fully saturated rings. The maximum absolute atomic E-state index is 12.5. The Bertz CT molecular complexity index is 675. The Morgan fingerprint density at radius 3 is 2.68 bits per heavy atom. The number of carbonyl (C=O) groups excluding carboxylic acids is 2. The van der Waals surface area contributed by atoms with E-state index in [9.17, 15) is 9.59 Å². The molecule has 0 bridgehead atoms. The van der Waals surface area contributed by atoms with Gasteiger partial charge < -0.3 is 14.1 Å². The Balaban J connectivity index is 2.21. The number of hydrogen-bond acceptors (Lipinski definition) is 6. The fourth-order valence-corrected chi connectivity index (χ4v) is 2.63. The van der Waals surface area contributed by atoms with Gasteiger partial charge in [0.2, 0.25) is 0 Å². The molecule has 22 heavy (non-hydrogen) atoms. The summed E-state index contributed by atoms with van der Waals surface area (Å²) in [7, 11) is 1.30. The molecular formula is C15H18N2O4S. The number of carbonyl (C=O) groups is 2. The second-order valence-corrected chi connectivity index (χ2v) is 5.91. The summed E-state index contributed by atoms with van der Waals surface area (Å²) in [5.41, 5.74) is 0.298. The maximum Gasteiger partial charge on any atom is 0.325 e. The number of rotatable bonds is 5. The Labute approximate surface area is 132 Å². The number of aryl methyl sites for hydroxylation is 1. The van der Waals surface area contributed by atoms with Crippen molar-refractivity contribution in [1.82, 2.24) is 9.88 Å². The van der Waals surface area contributed by atoms with E-state index in [2.05, 4.69) is 9.72 Å². The molecule has 1 amide bonds. The largest absolute Gasteiger partial charge is 0.468 e. The Hall–Kier alpha value is -2.15. The second-order valence-electron chi connectivity index (χ2n) is 5.05. The van der Waals surface area contributed by atoms with Crippen LogP contribution in [-0.4, -0.2) is 41.5 Å². The molecule has 6 nitrogen and oxygen atoms in total. The summed E-state index contributed by atoms with van der Waals surface area (Å²) in [6.45, 7) is 5.42. The van der Waals surface area contributed by atoms with Crippen LogP contribution >= 0.6 is 11.3 Å². The average Bonchev–Trinajstić information content (AvgIpc) is 3.11. The van der Waals surface area contributed by atoms with E-state index in [0.717, 1.165) is 5.76 Å². The van der Waals surface area contributed by atoms with Crippen LogP contribution in [0.1, 0.15) is 30.1 Å². The average molecular weight is 322 g/mol. The van der Waals surface area contributed by atoms with Crippen LogP contribution < -0.4 is 0 Å². The van der Waals surface area contributed by atoms with E-state index >= 15 is 0 Å². The van der Waals surface area contributed by atoms with Crippen molar-refractivity contribution < 1.29 is 18.7 Å². The zero-order chi connectivity index (χ0) is 16.3. The van der Waals surface area contributed by atoms with Crippen molar-refractivity contribution in [2.75, 3.05) is 13.7 Å². The fourth-order valence-electron chi connectivity index (χ4n) is 1.87. The highest BCUT2D eigenvalue weighted by atomic mass is 32.1. The van der Waals surface area contributed by atoms with E-state index in [1.165, 1.54) is 23.3 Å². The second kappa shape index (κ2) is 6.74. The number of nitrogens with zero attached hydrogens (tertiary/aromatic N) is 2. The standard InChI is InChI=1S/C15H18N2O4S/c1-9(2)17(7-13(18)20-4)15(19)11-8-22-14(16-11)12-6-5-10(3)21-12/h5-6,8-9H,7H2,1-4H3. The van der Waals surface area contributed by atoms with E-state index in [-0.39, 0.29) is 18.5 Å². The van der Waals surface area contributed by atoms with E-state index < -0.39 is 5.97 Å². The van der Waals surface area contributed by atoms with E-state index in [1.54, 1.807) is 5.38 Å². The van der Waals surface area contributed by atoms with Crippen LogP contribution in [0.15, 0.2) is 21.9 Å². The SMILES string of the molecule is COC(=O)CN(C(=O)c1csc(-c2ccc(C)o2)n1)C(C)C. The maximum atomic E-state index is 12.5. The number of aromatic nitrogens is 1. The van der Waals surface area contributed by atoms with Crippen LogP contribution in [0.5, 0.6) is 0 Å². The van der Waals surface area contributed by atoms with Crippen LogP contribution in [0.3, 0.4) is 0 Å². The van der Waals surface area contributed by atoms with Crippen LogP contribution in [0.2, 0.25) is 0 Å². The Morgan fingerprint density at radius 2 is 2.14 bits per heavy atom. The molecule has 0 aliphatic heterocycles. The lowest BCUT2D eigenvalue weighted by atomic mass is 10.3. The first-order valence-corrected chi connectivity index (χ1v) is 7.70. The minimum absolute atomic E-state index is 0.0975. The van der Waals surface area contributed by atoms with E-state index in [4.69, 9.17) is 4.42 Å². The van der Waals surface area contributed by atoms with Gasteiger partial charge in [-0.25, -0.2) is 4.98 Å². The monoisotopic (exact) mass is 322 g/mol. The van der Waals surface area contributed by atoms with Gasteiger partial charge >= 0.3 is 5.97 Å². The molecule has 7 heteroatoms. The van der Waals surface area contributed by atoms with Crippen molar-refractivity contribution in [3.05, 3.63) is 29.0 Å². The molecule has 2 heterocycles. The minimum Gasteiger partial charge on any atom is -0.468 e. The first kappa shape index (κ1) is 16.2. The highest BCUT2D eigenvalue weighted by Crippen LogP contribution is 2.26. The van der Waals surface area contributed by atoms with Gasteiger partial charge in [0.15, 0.2) is 10.8 Å². The molecule has 0 aromatic carbocycles. The summed E-state index contributed by atoms with van der Waals surface area (Å²) < 4.78 is 10.1. The van der Waals surface area contributed by atoms with Gasteiger partial charge in [-0.2, -0.15) is 0 Å². The number of ether oxygens (including phenoxy) is 1. The lowest BCUT2D eigenvalue weighted by molar-refractivity contribution is -0.141. The highest BCUT2D eigenvalue weighted by molar-refractivity contribution is 7.13. The van der Waals surface area contributed by atoms with Gasteiger partial charge in [-0.05, 0) is 32.9 Å². The first-order valence-electron chi connectivity index (χ1n) is 6.82. The Morgan fingerprint density at radius 1 is 1.41 bits per heavy atom. The molecule has 0 saturated carbocycles. The highest BCUT2D eigenvalue weighted by Gasteiger charge is 2.24. The quantitative estimate of drug-likeness (QED) is 0.791. The topological polar surface area (TPSA) is 72.6 Å². The third kappa shape index (κ3) is 3.54. The number of amides is 1. The van der Waals surface area contributed by atoms with Crippen LogP contribution in [0.25, 0.3) is 10.8 Å². The summed E-state index contributed by atoms with van der Waals surface area (Å²) in [4.78, 5) is 29.7. The number of hydrogen-bond donors (Lipinski definition) is 0. The molecule has 0 aliphatic rings. The number of thiazole rings is 1. The van der Waals surface area contributed by atoms with Crippen LogP contribution in [0.4, 0.5) is 0 Å². The molecular weight excluding hydrogens is 304 g/mol. The molecule has 0 spiro atoms. The summed E-state index contributed by atoms with van der Waals surface area (Å²) in [5, 5.41) is 2.31. The van der Waals surface area contributed by atoms with Gasteiger partial charge in [-0.15, -0.1) is 11.3 Å². The molecule has 2 aromatic rings. The van der Waals surface area contributed by atoms with Crippen LogP contribution in [-0.2, 0) is 9.53 Å². The Kier molecular flexibility index (Phi) is 4.97. The zero-order valence-electron chi connectivity index (χ0n) is 13.0. The molecule has 118 valence electrons. The molecule has 0 N–H and O–H groups in total. The predicted molar refractivity (Wildman–Crippen MR) is 82.7 cm³/mol. The van der Waals surface area contributed by atoms with Gasteiger partial charge in [0.1, 0.15) is 18.0 Å². The molecule has 0 aliphatic carbocycles. The zero-order valence-corrected chi connectivity index (χ0v) is 13.8. The summed E-state index contributed by atoms with van der Waals surface area (Å²) in [6, 6.07) is 3.52. The number of methoxy groups -OCH3 is 1. The summed E-state index contributed by atoms with van der Waals surface area (Å²) >= 11 is 1.33. The normalized spacial score (nSPS) is 10.8. The molecule has 0 radical (unpaired) electrons. The summed E-state index contributed by atoms with van der Waals surface area (Å²) in [6.07, 6.45) is 0. The smallest absolute Gasteiger partial charge is 0.325 e.